The van der Waals surface area contributed by atoms with Crippen molar-refractivity contribution in [1.82, 2.24) is 25.6 Å². The largest absolute Gasteiger partial charge is 0.444 e. The van der Waals surface area contributed by atoms with Gasteiger partial charge >= 0.3 is 6.09 Å². The number of nitrogens with zero attached hydrogens (tertiary/aromatic N) is 3. The minimum absolute atomic E-state index is 0.193. The Bertz CT molecular complexity index is 1110. The van der Waals surface area contributed by atoms with Crippen LogP contribution in [0.25, 0.3) is 11.3 Å². The molecule has 0 bridgehead atoms. The van der Waals surface area contributed by atoms with Crippen LogP contribution in [0.3, 0.4) is 0 Å². The number of amides is 2. The quantitative estimate of drug-likeness (QED) is 0.480. The fourth-order valence-electron chi connectivity index (χ4n) is 3.11. The number of benzene rings is 1. The van der Waals surface area contributed by atoms with Crippen molar-refractivity contribution in [3.8, 4) is 11.3 Å². The molecule has 3 rings (SSSR count). The Morgan fingerprint density at radius 1 is 1.21 bits per heavy atom. The predicted octanol–water partition coefficient (Wildman–Crippen LogP) is 4.72. The lowest BCUT2D eigenvalue weighted by molar-refractivity contribution is 0.0520. The van der Waals surface area contributed by atoms with Crippen LogP contribution < -0.4 is 10.6 Å². The molecule has 0 spiro atoms. The molecule has 2 amide bonds. The van der Waals surface area contributed by atoms with Crippen molar-refractivity contribution in [2.45, 2.75) is 38.8 Å². The third-order valence-corrected chi connectivity index (χ3v) is 6.12. The number of thiophene rings is 1. The van der Waals surface area contributed by atoms with Gasteiger partial charge in [-0.15, -0.1) is 16.4 Å². The van der Waals surface area contributed by atoms with Crippen LogP contribution in [0.1, 0.15) is 36.0 Å². The van der Waals surface area contributed by atoms with E-state index in [4.69, 9.17) is 27.9 Å². The van der Waals surface area contributed by atoms with Crippen LogP contribution in [0, 0.1) is 0 Å². The van der Waals surface area contributed by atoms with Gasteiger partial charge < -0.3 is 15.4 Å². The summed E-state index contributed by atoms with van der Waals surface area (Å²) in [6, 6.07) is 11.0. The maximum atomic E-state index is 13.0. The van der Waals surface area contributed by atoms with Gasteiger partial charge in [0, 0.05) is 19.2 Å². The summed E-state index contributed by atoms with van der Waals surface area (Å²) >= 11 is 13.7. The van der Waals surface area contributed by atoms with Gasteiger partial charge in [0.05, 0.1) is 10.9 Å². The standard InChI is InChI=1S/C22H25Cl2N5O3S/c1-22(2,3)32-21(31)25-12-14(10-13-8-6-5-7-9-13)26-20(30)16-11-15(19(24)33-16)17-18(23)27-28-29(17)4/h5-9,11,14H,10,12H2,1-4H3,(H,25,31)(H,26,30)/t14-/m0/s1. The van der Waals surface area contributed by atoms with E-state index in [1.54, 1.807) is 33.9 Å². The van der Waals surface area contributed by atoms with Crippen LogP contribution in [0.2, 0.25) is 9.49 Å². The lowest BCUT2D eigenvalue weighted by atomic mass is 10.1. The number of rotatable bonds is 7. The van der Waals surface area contributed by atoms with Gasteiger partial charge in [-0.2, -0.15) is 0 Å². The normalized spacial score (nSPS) is 12.3. The lowest BCUT2D eigenvalue weighted by Crippen LogP contribution is -2.45. The van der Waals surface area contributed by atoms with E-state index in [1.165, 1.54) is 4.68 Å². The second kappa shape index (κ2) is 10.5. The average Bonchev–Trinajstić information content (AvgIpc) is 3.27. The van der Waals surface area contributed by atoms with Crippen molar-refractivity contribution < 1.29 is 14.3 Å². The van der Waals surface area contributed by atoms with Crippen LogP contribution in [0.5, 0.6) is 0 Å². The maximum absolute atomic E-state index is 13.0. The summed E-state index contributed by atoms with van der Waals surface area (Å²) in [5.41, 5.74) is 1.51. The van der Waals surface area contributed by atoms with Crippen molar-refractivity contribution in [3.05, 3.63) is 56.3 Å². The number of carbonyl (C=O) groups is 2. The molecule has 3 aromatic rings. The number of carbonyl (C=O) groups excluding carboxylic acids is 2. The minimum Gasteiger partial charge on any atom is -0.444 e. The number of aryl methyl sites for hydroxylation is 1. The van der Waals surface area contributed by atoms with Crippen molar-refractivity contribution in [2.24, 2.45) is 7.05 Å². The fraction of sp³-hybridized carbons (Fsp3) is 0.364. The third kappa shape index (κ3) is 6.93. The van der Waals surface area contributed by atoms with E-state index in [0.717, 1.165) is 16.9 Å². The summed E-state index contributed by atoms with van der Waals surface area (Å²) < 4.78 is 7.21. The number of hydrogen-bond donors (Lipinski definition) is 2. The van der Waals surface area contributed by atoms with Gasteiger partial charge in [-0.25, -0.2) is 9.48 Å². The van der Waals surface area contributed by atoms with Crippen LogP contribution in [-0.4, -0.2) is 45.2 Å². The fourth-order valence-corrected chi connectivity index (χ4v) is 4.55. The van der Waals surface area contributed by atoms with Gasteiger partial charge in [-0.05, 0) is 38.8 Å². The summed E-state index contributed by atoms with van der Waals surface area (Å²) in [6.07, 6.45) is -0.0270. The summed E-state index contributed by atoms with van der Waals surface area (Å²) in [5.74, 6) is -0.314. The highest BCUT2D eigenvalue weighted by molar-refractivity contribution is 7.18. The molecular formula is C22H25Cl2N5O3S. The SMILES string of the molecule is Cn1nnc(Cl)c1-c1cc(C(=O)N[C@H](CNC(=O)OC(C)(C)C)Cc2ccccc2)sc1Cl. The van der Waals surface area contributed by atoms with Crippen molar-refractivity contribution in [1.29, 1.82) is 0 Å². The van der Waals surface area contributed by atoms with Crippen molar-refractivity contribution in [2.75, 3.05) is 6.54 Å². The third-order valence-electron chi connectivity index (χ3n) is 4.50. The number of nitrogens with one attached hydrogen (secondary N) is 2. The summed E-state index contributed by atoms with van der Waals surface area (Å²) in [5, 5.41) is 13.6. The van der Waals surface area contributed by atoms with E-state index in [9.17, 15) is 9.59 Å². The van der Waals surface area contributed by atoms with Gasteiger partial charge in [0.1, 0.15) is 15.6 Å². The van der Waals surface area contributed by atoms with Crippen molar-refractivity contribution in [3.63, 3.8) is 0 Å². The topological polar surface area (TPSA) is 98.1 Å². The second-order valence-electron chi connectivity index (χ2n) is 8.39. The van der Waals surface area contributed by atoms with Crippen LogP contribution in [-0.2, 0) is 18.2 Å². The molecule has 0 saturated heterocycles. The van der Waals surface area contributed by atoms with Gasteiger partial charge in [-0.1, -0.05) is 58.7 Å². The molecule has 2 aromatic heterocycles. The van der Waals surface area contributed by atoms with Crippen molar-refractivity contribution >= 4 is 46.5 Å². The molecule has 1 atom stereocenters. The molecule has 0 unspecified atom stereocenters. The zero-order valence-corrected chi connectivity index (χ0v) is 21.0. The molecule has 2 heterocycles. The lowest BCUT2D eigenvalue weighted by Gasteiger charge is -2.22. The number of halogens is 2. The Balaban J connectivity index is 1.75. The van der Waals surface area contributed by atoms with Gasteiger partial charge in [0.15, 0.2) is 5.15 Å². The highest BCUT2D eigenvalue weighted by Crippen LogP contribution is 2.37. The molecule has 176 valence electrons. The van der Waals surface area contributed by atoms with Gasteiger partial charge in [0.2, 0.25) is 0 Å². The highest BCUT2D eigenvalue weighted by Gasteiger charge is 2.23. The van der Waals surface area contributed by atoms with E-state index in [2.05, 4.69) is 20.9 Å². The maximum Gasteiger partial charge on any atom is 0.407 e. The Hall–Kier alpha value is -2.62. The molecule has 0 radical (unpaired) electrons. The first kappa shape index (κ1) is 25.0. The van der Waals surface area contributed by atoms with Crippen LogP contribution in [0.15, 0.2) is 36.4 Å². The zero-order valence-electron chi connectivity index (χ0n) is 18.7. The molecule has 11 heteroatoms. The Labute approximate surface area is 206 Å². The molecular weight excluding hydrogens is 485 g/mol. The van der Waals surface area contributed by atoms with E-state index in [1.807, 2.05) is 30.3 Å². The average molecular weight is 510 g/mol. The first-order chi connectivity index (χ1) is 15.5. The number of alkyl carbamates (subject to hydrolysis) is 1. The number of ether oxygens (including phenoxy) is 1. The molecule has 0 aliphatic heterocycles. The molecule has 0 aliphatic carbocycles. The van der Waals surface area contributed by atoms with Crippen LogP contribution >= 0.6 is 34.5 Å². The summed E-state index contributed by atoms with van der Waals surface area (Å²) in [7, 11) is 1.69. The molecule has 0 fully saturated rings. The summed E-state index contributed by atoms with van der Waals surface area (Å²) in [4.78, 5) is 25.6. The first-order valence-electron chi connectivity index (χ1n) is 10.2. The number of aromatic nitrogens is 3. The summed E-state index contributed by atoms with van der Waals surface area (Å²) in [6.45, 7) is 5.56. The van der Waals surface area contributed by atoms with Gasteiger partial charge in [0.25, 0.3) is 5.91 Å². The molecule has 8 nitrogen and oxygen atoms in total. The first-order valence-corrected chi connectivity index (χ1v) is 11.8. The Morgan fingerprint density at radius 3 is 2.52 bits per heavy atom. The van der Waals surface area contributed by atoms with Crippen LogP contribution in [0.4, 0.5) is 4.79 Å². The Kier molecular flexibility index (Phi) is 7.99. The predicted molar refractivity (Wildman–Crippen MR) is 130 cm³/mol. The van der Waals surface area contributed by atoms with E-state index < -0.39 is 11.7 Å². The molecule has 0 saturated carbocycles. The van der Waals surface area contributed by atoms with E-state index in [-0.39, 0.29) is 23.6 Å². The minimum atomic E-state index is -0.617. The second-order valence-corrected chi connectivity index (χ2v) is 10.4. The number of hydrogen-bond acceptors (Lipinski definition) is 6. The zero-order chi connectivity index (χ0) is 24.2. The molecule has 1 aromatic carbocycles. The highest BCUT2D eigenvalue weighted by atomic mass is 35.5. The Morgan fingerprint density at radius 2 is 1.91 bits per heavy atom. The molecule has 33 heavy (non-hydrogen) atoms. The monoisotopic (exact) mass is 509 g/mol. The molecule has 0 aliphatic rings. The molecule has 2 N–H and O–H groups in total. The van der Waals surface area contributed by atoms with E-state index >= 15 is 0 Å². The smallest absolute Gasteiger partial charge is 0.407 e. The van der Waals surface area contributed by atoms with E-state index in [0.29, 0.717) is 26.9 Å². The van der Waals surface area contributed by atoms with Gasteiger partial charge in [-0.3, -0.25) is 4.79 Å².